The molecule has 3 rings (SSSR count). The minimum Gasteiger partial charge on any atom is -0.468 e. The van der Waals surface area contributed by atoms with Crippen molar-refractivity contribution in [3.8, 4) is 0 Å². The number of rotatable bonds is 7. The van der Waals surface area contributed by atoms with Gasteiger partial charge in [-0.1, -0.05) is 12.5 Å². The van der Waals surface area contributed by atoms with Gasteiger partial charge < -0.3 is 15.5 Å². The molecule has 0 aliphatic carbocycles. The lowest BCUT2D eigenvalue weighted by molar-refractivity contribution is 0.150. The number of hydrogen-bond acceptors (Lipinski definition) is 4. The zero-order chi connectivity index (χ0) is 16.6. The van der Waals surface area contributed by atoms with Gasteiger partial charge in [0.1, 0.15) is 5.76 Å². The number of halogens is 1. The lowest BCUT2D eigenvalue weighted by atomic mass is 10.1. The molecule has 25 heavy (non-hydrogen) atoms. The fourth-order valence-electron chi connectivity index (χ4n) is 3.11. The highest BCUT2D eigenvalue weighted by Crippen LogP contribution is 2.25. The zero-order valence-corrected chi connectivity index (χ0v) is 17.5. The van der Waals surface area contributed by atoms with E-state index in [9.17, 15) is 0 Å². The van der Waals surface area contributed by atoms with Gasteiger partial charge in [-0.25, -0.2) is 0 Å². The summed E-state index contributed by atoms with van der Waals surface area (Å²) in [6, 6.07) is 8.37. The molecule has 1 saturated heterocycles. The first-order chi connectivity index (χ1) is 11.8. The fraction of sp³-hybridized carbons (Fsp3) is 0.500. The number of hydrogen-bond donors (Lipinski definition) is 2. The Labute approximate surface area is 170 Å². The minimum absolute atomic E-state index is 0. The van der Waals surface area contributed by atoms with Crippen LogP contribution in [-0.4, -0.2) is 37.0 Å². The maximum Gasteiger partial charge on any atom is 0.188 e. The number of nitrogens with zero attached hydrogens (tertiary/aromatic N) is 2. The molecule has 0 radical (unpaired) electrons. The van der Waals surface area contributed by atoms with Gasteiger partial charge in [-0.15, -0.1) is 35.3 Å². The number of nitrogens with two attached hydrogens (primary N) is 1. The summed E-state index contributed by atoms with van der Waals surface area (Å²) < 4.78 is 5.64. The quantitative estimate of drug-likeness (QED) is 0.366. The Morgan fingerprint density at radius 2 is 2.12 bits per heavy atom. The van der Waals surface area contributed by atoms with Crippen molar-refractivity contribution in [2.75, 3.05) is 26.2 Å². The van der Waals surface area contributed by atoms with Crippen LogP contribution in [-0.2, 0) is 6.42 Å². The van der Waals surface area contributed by atoms with Crippen molar-refractivity contribution in [3.63, 3.8) is 0 Å². The van der Waals surface area contributed by atoms with E-state index in [0.717, 1.165) is 31.8 Å². The maximum absolute atomic E-state index is 6.04. The molecule has 138 valence electrons. The van der Waals surface area contributed by atoms with Gasteiger partial charge in [-0.05, 0) is 55.9 Å². The molecule has 3 heterocycles. The molecule has 1 atom stereocenters. The maximum atomic E-state index is 6.04. The van der Waals surface area contributed by atoms with Crippen molar-refractivity contribution >= 4 is 41.3 Å². The second-order valence-electron chi connectivity index (χ2n) is 6.11. The second-order valence-corrected chi connectivity index (χ2v) is 7.14. The minimum atomic E-state index is 0. The summed E-state index contributed by atoms with van der Waals surface area (Å²) in [5.74, 6) is 1.49. The monoisotopic (exact) mass is 474 g/mol. The SMILES string of the molecule is I.NC(=NCC(c1ccco1)N1CCCCC1)NCCc1cccs1. The molecule has 7 heteroatoms. The summed E-state index contributed by atoms with van der Waals surface area (Å²) >= 11 is 1.77. The Morgan fingerprint density at radius 1 is 1.28 bits per heavy atom. The van der Waals surface area contributed by atoms with E-state index in [2.05, 4.69) is 32.7 Å². The molecule has 0 bridgehead atoms. The Kier molecular flexibility index (Phi) is 8.77. The third kappa shape index (κ3) is 6.31. The second kappa shape index (κ2) is 10.8. The van der Waals surface area contributed by atoms with Gasteiger partial charge in [0.2, 0.25) is 0 Å². The molecular weight excluding hydrogens is 447 g/mol. The van der Waals surface area contributed by atoms with E-state index < -0.39 is 0 Å². The van der Waals surface area contributed by atoms with Crippen LogP contribution in [0.1, 0.15) is 35.9 Å². The number of likely N-dealkylation sites (tertiary alicyclic amines) is 1. The lowest BCUT2D eigenvalue weighted by Crippen LogP contribution is -2.37. The van der Waals surface area contributed by atoms with Crippen molar-refractivity contribution in [3.05, 3.63) is 46.5 Å². The standard InChI is InChI=1S/C18H26N4OS.HI/c19-18(20-9-8-15-6-5-13-24-15)21-14-16(17-7-4-12-23-17)22-10-2-1-3-11-22;/h4-7,12-13,16H,1-3,8-11,14H2,(H3,19,20,21);1H. The molecule has 2 aromatic heterocycles. The predicted octanol–water partition coefficient (Wildman–Crippen LogP) is 3.63. The molecular formula is C18H27IN4OS. The smallest absolute Gasteiger partial charge is 0.188 e. The summed E-state index contributed by atoms with van der Waals surface area (Å²) in [6.07, 6.45) is 6.52. The normalized spacial score (nSPS) is 17.0. The first-order valence-corrected chi connectivity index (χ1v) is 9.54. The summed E-state index contributed by atoms with van der Waals surface area (Å²) in [5, 5.41) is 5.31. The number of furan rings is 1. The van der Waals surface area contributed by atoms with Crippen LogP contribution >= 0.6 is 35.3 Å². The highest BCUT2D eigenvalue weighted by Gasteiger charge is 2.24. The zero-order valence-electron chi connectivity index (χ0n) is 14.4. The van der Waals surface area contributed by atoms with E-state index in [1.807, 2.05) is 12.1 Å². The Bertz CT molecular complexity index is 609. The molecule has 0 spiro atoms. The molecule has 0 saturated carbocycles. The van der Waals surface area contributed by atoms with E-state index in [4.69, 9.17) is 10.2 Å². The molecule has 1 aliphatic rings. The van der Waals surface area contributed by atoms with Crippen molar-refractivity contribution < 1.29 is 4.42 Å². The van der Waals surface area contributed by atoms with Gasteiger partial charge in [0.25, 0.3) is 0 Å². The highest BCUT2D eigenvalue weighted by molar-refractivity contribution is 14.0. The molecule has 5 nitrogen and oxygen atoms in total. The first-order valence-electron chi connectivity index (χ1n) is 8.66. The summed E-state index contributed by atoms with van der Waals surface area (Å²) in [4.78, 5) is 8.38. The molecule has 3 N–H and O–H groups in total. The summed E-state index contributed by atoms with van der Waals surface area (Å²) in [7, 11) is 0. The van der Waals surface area contributed by atoms with Gasteiger partial charge in [0, 0.05) is 11.4 Å². The van der Waals surface area contributed by atoms with E-state index >= 15 is 0 Å². The third-order valence-electron chi connectivity index (χ3n) is 4.40. The van der Waals surface area contributed by atoms with Crippen LogP contribution in [0.5, 0.6) is 0 Å². The number of thiophene rings is 1. The molecule has 0 aromatic carbocycles. The molecule has 1 aliphatic heterocycles. The van der Waals surface area contributed by atoms with Gasteiger partial charge in [-0.3, -0.25) is 9.89 Å². The largest absolute Gasteiger partial charge is 0.468 e. The average Bonchev–Trinajstić information content (AvgIpc) is 3.30. The highest BCUT2D eigenvalue weighted by atomic mass is 127. The van der Waals surface area contributed by atoms with E-state index in [1.165, 1.54) is 24.1 Å². The summed E-state index contributed by atoms with van der Waals surface area (Å²) in [5.41, 5.74) is 6.04. The van der Waals surface area contributed by atoms with E-state index in [0.29, 0.717) is 12.5 Å². The van der Waals surface area contributed by atoms with Crippen molar-refractivity contribution in [1.29, 1.82) is 0 Å². The molecule has 1 fully saturated rings. The van der Waals surface area contributed by atoms with Crippen LogP contribution < -0.4 is 11.1 Å². The number of guanidine groups is 1. The van der Waals surface area contributed by atoms with Gasteiger partial charge in [0.05, 0.1) is 18.8 Å². The number of aliphatic imine (C=N–C) groups is 1. The van der Waals surface area contributed by atoms with Gasteiger partial charge in [-0.2, -0.15) is 0 Å². The molecule has 2 aromatic rings. The number of nitrogens with one attached hydrogen (secondary N) is 1. The van der Waals surface area contributed by atoms with Crippen LogP contribution in [0.4, 0.5) is 0 Å². The van der Waals surface area contributed by atoms with E-state index in [-0.39, 0.29) is 30.0 Å². The van der Waals surface area contributed by atoms with Crippen LogP contribution in [0.2, 0.25) is 0 Å². The van der Waals surface area contributed by atoms with Gasteiger partial charge >= 0.3 is 0 Å². The van der Waals surface area contributed by atoms with Gasteiger partial charge in [0.15, 0.2) is 5.96 Å². The van der Waals surface area contributed by atoms with E-state index in [1.54, 1.807) is 17.6 Å². The topological polar surface area (TPSA) is 66.8 Å². The van der Waals surface area contributed by atoms with Crippen LogP contribution in [0.3, 0.4) is 0 Å². The predicted molar refractivity (Wildman–Crippen MR) is 115 cm³/mol. The Morgan fingerprint density at radius 3 is 2.80 bits per heavy atom. The average molecular weight is 474 g/mol. The van der Waals surface area contributed by atoms with Crippen molar-refractivity contribution in [2.45, 2.75) is 31.7 Å². The summed E-state index contributed by atoms with van der Waals surface area (Å²) in [6.45, 7) is 3.65. The first kappa shape index (κ1) is 20.3. The van der Waals surface area contributed by atoms with Crippen molar-refractivity contribution in [2.24, 2.45) is 10.7 Å². The van der Waals surface area contributed by atoms with Crippen LogP contribution in [0.25, 0.3) is 0 Å². The third-order valence-corrected chi connectivity index (χ3v) is 5.33. The molecule has 0 amide bonds. The van der Waals surface area contributed by atoms with Crippen molar-refractivity contribution in [1.82, 2.24) is 10.2 Å². The Hall–Kier alpha value is -1.06. The molecule has 1 unspecified atom stereocenters. The lowest BCUT2D eigenvalue weighted by Gasteiger charge is -2.32. The Balaban J connectivity index is 0.00000225. The van der Waals surface area contributed by atoms with Crippen LogP contribution in [0.15, 0.2) is 45.3 Å². The number of piperidine rings is 1. The van der Waals surface area contributed by atoms with Crippen LogP contribution in [0, 0.1) is 0 Å². The fourth-order valence-corrected chi connectivity index (χ4v) is 3.81.